The van der Waals surface area contributed by atoms with Crippen LogP contribution in [0.1, 0.15) is 19.8 Å². The molecule has 0 spiro atoms. The summed E-state index contributed by atoms with van der Waals surface area (Å²) >= 11 is 0. The Balaban J connectivity index is 3.05. The second-order valence-electron chi connectivity index (χ2n) is 4.00. The first-order valence-corrected chi connectivity index (χ1v) is 6.98. The van der Waals surface area contributed by atoms with Crippen molar-refractivity contribution in [3.05, 3.63) is 30.3 Å². The van der Waals surface area contributed by atoms with Gasteiger partial charge in [0.2, 0.25) is 10.0 Å². The van der Waals surface area contributed by atoms with Crippen molar-refractivity contribution >= 4 is 15.9 Å². The number of hydrogen-bond donors (Lipinski definition) is 3. The Morgan fingerprint density at radius 3 is 2.33 bits per heavy atom. The van der Waals surface area contributed by atoms with Gasteiger partial charge >= 0.3 is 0 Å². The summed E-state index contributed by atoms with van der Waals surface area (Å²) in [4.78, 5) is 11.3. The van der Waals surface area contributed by atoms with Gasteiger partial charge in [0, 0.05) is 0 Å². The minimum Gasteiger partial charge on any atom is -0.367 e. The summed E-state index contributed by atoms with van der Waals surface area (Å²) in [5.74, 6) is -0.899. The molecule has 0 aliphatic rings. The molecule has 0 aliphatic heterocycles. The summed E-state index contributed by atoms with van der Waals surface area (Å²) in [5.41, 5.74) is 9.10. The number of primary amides is 1. The number of rotatable bonds is 6. The third kappa shape index (κ3) is 3.28. The molecule has 18 heavy (non-hydrogen) atoms. The quantitative estimate of drug-likeness (QED) is 0.627. The molecular weight excluding hydrogens is 254 g/mol. The van der Waals surface area contributed by atoms with Crippen molar-refractivity contribution in [1.29, 1.82) is 0 Å². The highest BCUT2D eigenvalue weighted by Crippen LogP contribution is 2.13. The van der Waals surface area contributed by atoms with Gasteiger partial charge in [0.25, 0.3) is 5.91 Å². The van der Waals surface area contributed by atoms with Gasteiger partial charge in [-0.3, -0.25) is 4.79 Å². The van der Waals surface area contributed by atoms with Crippen molar-refractivity contribution in [1.82, 2.24) is 4.72 Å². The largest absolute Gasteiger partial charge is 0.367 e. The van der Waals surface area contributed by atoms with Gasteiger partial charge in [-0.1, -0.05) is 31.5 Å². The maximum Gasteiger partial charge on any atom is 0.253 e. The molecule has 0 saturated heterocycles. The van der Waals surface area contributed by atoms with Crippen molar-refractivity contribution in [2.45, 2.75) is 30.3 Å². The molecule has 1 aromatic carbocycles. The number of nitrogens with one attached hydrogen (secondary N) is 1. The number of nitrogens with two attached hydrogens (primary N) is 2. The molecule has 0 bridgehead atoms. The van der Waals surface area contributed by atoms with E-state index in [9.17, 15) is 13.2 Å². The Kier molecular flexibility index (Phi) is 4.44. The van der Waals surface area contributed by atoms with E-state index in [0.29, 0.717) is 6.42 Å². The van der Waals surface area contributed by atoms with Crippen molar-refractivity contribution in [2.75, 3.05) is 0 Å². The predicted molar refractivity (Wildman–Crippen MR) is 67.8 cm³/mol. The highest BCUT2D eigenvalue weighted by atomic mass is 32.2. The van der Waals surface area contributed by atoms with E-state index in [1.54, 1.807) is 25.1 Å². The van der Waals surface area contributed by atoms with Crippen LogP contribution in [-0.4, -0.2) is 20.0 Å². The minimum absolute atomic E-state index is 0.0391. The SMILES string of the molecule is CCCC(N)(NS(=O)(=O)c1ccccc1)C(N)=O. The maximum absolute atomic E-state index is 12.0. The molecule has 0 saturated carbocycles. The normalized spacial score (nSPS) is 15.0. The lowest BCUT2D eigenvalue weighted by molar-refractivity contribution is -0.123. The third-order valence-corrected chi connectivity index (χ3v) is 3.98. The molecule has 5 N–H and O–H groups in total. The summed E-state index contributed by atoms with van der Waals surface area (Å²) in [6, 6.07) is 7.67. The Labute approximate surface area is 106 Å². The molecule has 1 aromatic rings. The summed E-state index contributed by atoms with van der Waals surface area (Å²) < 4.78 is 26.2. The van der Waals surface area contributed by atoms with Crippen LogP contribution in [0.25, 0.3) is 0 Å². The van der Waals surface area contributed by atoms with Gasteiger partial charge in [-0.25, -0.2) is 8.42 Å². The van der Waals surface area contributed by atoms with E-state index >= 15 is 0 Å². The second kappa shape index (κ2) is 5.47. The molecule has 1 unspecified atom stereocenters. The van der Waals surface area contributed by atoms with Crippen LogP contribution >= 0.6 is 0 Å². The number of sulfonamides is 1. The fraction of sp³-hybridized carbons (Fsp3) is 0.364. The van der Waals surface area contributed by atoms with Gasteiger partial charge in [0.15, 0.2) is 5.66 Å². The van der Waals surface area contributed by atoms with E-state index in [-0.39, 0.29) is 11.3 Å². The van der Waals surface area contributed by atoms with Gasteiger partial charge in [0.05, 0.1) is 4.90 Å². The Bertz CT molecular complexity index is 516. The lowest BCUT2D eigenvalue weighted by Crippen LogP contribution is -2.63. The summed E-state index contributed by atoms with van der Waals surface area (Å²) in [6.07, 6.45) is 0.658. The average Bonchev–Trinajstić information content (AvgIpc) is 2.29. The van der Waals surface area contributed by atoms with E-state index in [2.05, 4.69) is 4.72 Å². The van der Waals surface area contributed by atoms with Crippen LogP contribution in [0.5, 0.6) is 0 Å². The van der Waals surface area contributed by atoms with Gasteiger partial charge in [-0.2, -0.15) is 4.72 Å². The Morgan fingerprint density at radius 2 is 1.89 bits per heavy atom. The smallest absolute Gasteiger partial charge is 0.253 e. The summed E-state index contributed by atoms with van der Waals surface area (Å²) in [5, 5.41) is 0. The van der Waals surface area contributed by atoms with Crippen LogP contribution in [0.3, 0.4) is 0 Å². The Morgan fingerprint density at radius 1 is 1.33 bits per heavy atom. The highest BCUT2D eigenvalue weighted by Gasteiger charge is 2.35. The standard InChI is InChI=1S/C11H17N3O3S/c1-2-8-11(13,10(12)15)14-18(16,17)9-6-4-3-5-7-9/h3-7,14H,2,8,13H2,1H3,(H2,12,15). The van der Waals surface area contributed by atoms with Crippen LogP contribution in [0.2, 0.25) is 0 Å². The topological polar surface area (TPSA) is 115 Å². The molecule has 0 radical (unpaired) electrons. The van der Waals surface area contributed by atoms with Crippen molar-refractivity contribution < 1.29 is 13.2 Å². The van der Waals surface area contributed by atoms with E-state index in [1.165, 1.54) is 12.1 Å². The number of carbonyl (C=O) groups excluding carboxylic acids is 1. The van der Waals surface area contributed by atoms with Gasteiger partial charge < -0.3 is 11.5 Å². The van der Waals surface area contributed by atoms with Crippen LogP contribution in [0, 0.1) is 0 Å². The molecule has 0 fully saturated rings. The third-order valence-electron chi connectivity index (χ3n) is 2.45. The molecule has 7 heteroatoms. The summed E-state index contributed by atoms with van der Waals surface area (Å²) in [7, 11) is -3.86. The molecule has 6 nitrogen and oxygen atoms in total. The number of hydrogen-bond acceptors (Lipinski definition) is 4. The van der Waals surface area contributed by atoms with E-state index in [1.807, 2.05) is 0 Å². The lowest BCUT2D eigenvalue weighted by atomic mass is 10.1. The van der Waals surface area contributed by atoms with Gasteiger partial charge in [0.1, 0.15) is 0 Å². The zero-order valence-corrected chi connectivity index (χ0v) is 10.9. The zero-order valence-electron chi connectivity index (χ0n) is 10.1. The van der Waals surface area contributed by atoms with E-state index in [0.717, 1.165) is 0 Å². The fourth-order valence-electron chi connectivity index (χ4n) is 1.52. The maximum atomic E-state index is 12.0. The zero-order chi connectivity index (χ0) is 13.8. The number of amides is 1. The molecular formula is C11H17N3O3S. The molecule has 0 heterocycles. The van der Waals surface area contributed by atoms with Crippen LogP contribution < -0.4 is 16.2 Å². The number of carbonyl (C=O) groups is 1. The molecule has 1 atom stereocenters. The van der Waals surface area contributed by atoms with E-state index < -0.39 is 21.6 Å². The average molecular weight is 271 g/mol. The van der Waals surface area contributed by atoms with Gasteiger partial charge in [-0.05, 0) is 18.6 Å². The Hall–Kier alpha value is -1.44. The molecule has 0 aromatic heterocycles. The molecule has 0 aliphatic carbocycles. The summed E-state index contributed by atoms with van der Waals surface area (Å²) in [6.45, 7) is 1.78. The number of benzene rings is 1. The highest BCUT2D eigenvalue weighted by molar-refractivity contribution is 7.89. The van der Waals surface area contributed by atoms with Crippen molar-refractivity contribution in [3.8, 4) is 0 Å². The van der Waals surface area contributed by atoms with Crippen LogP contribution in [0.15, 0.2) is 35.2 Å². The molecule has 1 amide bonds. The van der Waals surface area contributed by atoms with Crippen LogP contribution in [0.4, 0.5) is 0 Å². The van der Waals surface area contributed by atoms with E-state index in [4.69, 9.17) is 11.5 Å². The van der Waals surface area contributed by atoms with Crippen molar-refractivity contribution in [2.24, 2.45) is 11.5 Å². The predicted octanol–water partition coefficient (Wildman–Crippen LogP) is -0.0947. The fourth-order valence-corrected chi connectivity index (χ4v) is 2.83. The van der Waals surface area contributed by atoms with Gasteiger partial charge in [-0.15, -0.1) is 0 Å². The first-order valence-electron chi connectivity index (χ1n) is 5.49. The van der Waals surface area contributed by atoms with Crippen LogP contribution in [-0.2, 0) is 14.8 Å². The first-order chi connectivity index (χ1) is 8.32. The second-order valence-corrected chi connectivity index (χ2v) is 5.69. The lowest BCUT2D eigenvalue weighted by Gasteiger charge is -2.26. The monoisotopic (exact) mass is 271 g/mol. The van der Waals surface area contributed by atoms with Crippen molar-refractivity contribution in [3.63, 3.8) is 0 Å². The molecule has 100 valence electrons. The minimum atomic E-state index is -3.86. The molecule has 1 rings (SSSR count). The first kappa shape index (κ1) is 14.6.